The molecule has 100 valence electrons. The molecule has 1 aliphatic heterocycles. The first kappa shape index (κ1) is 13.3. The fourth-order valence-corrected chi connectivity index (χ4v) is 2.81. The zero-order valence-corrected chi connectivity index (χ0v) is 11.2. The van der Waals surface area contributed by atoms with Crippen LogP contribution in [0.25, 0.3) is 0 Å². The molecule has 3 heteroatoms. The Kier molecular flexibility index (Phi) is 3.91. The third-order valence-corrected chi connectivity index (χ3v) is 4.18. The molecule has 4 atom stereocenters. The third kappa shape index (κ3) is 2.66. The summed E-state index contributed by atoms with van der Waals surface area (Å²) < 4.78 is 5.34. The third-order valence-electron chi connectivity index (χ3n) is 4.18. The lowest BCUT2D eigenvalue weighted by Crippen LogP contribution is -2.26. The van der Waals surface area contributed by atoms with Gasteiger partial charge in [-0.15, -0.1) is 0 Å². The SMILES string of the molecule is C=C1C(=O)OC2C=C(C)CCCC(C)C(O)CC12. The highest BCUT2D eigenvalue weighted by molar-refractivity contribution is 5.91. The van der Waals surface area contributed by atoms with Gasteiger partial charge in [-0.2, -0.15) is 0 Å². The van der Waals surface area contributed by atoms with E-state index < -0.39 is 0 Å². The zero-order valence-electron chi connectivity index (χ0n) is 11.2. The van der Waals surface area contributed by atoms with Crippen molar-refractivity contribution in [3.8, 4) is 0 Å². The van der Waals surface area contributed by atoms with Crippen molar-refractivity contribution in [3.05, 3.63) is 23.8 Å². The van der Waals surface area contributed by atoms with Crippen molar-refractivity contribution in [2.75, 3.05) is 0 Å². The molecule has 0 saturated carbocycles. The Balaban J connectivity index is 2.24. The van der Waals surface area contributed by atoms with Crippen molar-refractivity contribution < 1.29 is 14.6 Å². The number of hydrogen-bond donors (Lipinski definition) is 1. The average Bonchev–Trinajstić information content (AvgIpc) is 2.56. The number of aliphatic hydroxyl groups excluding tert-OH is 1. The van der Waals surface area contributed by atoms with Crippen LogP contribution in [0.4, 0.5) is 0 Å². The van der Waals surface area contributed by atoms with Crippen molar-refractivity contribution in [1.29, 1.82) is 0 Å². The molecule has 0 amide bonds. The van der Waals surface area contributed by atoms with Gasteiger partial charge >= 0.3 is 5.97 Å². The number of aliphatic hydroxyl groups is 1. The Labute approximate surface area is 109 Å². The Morgan fingerprint density at radius 3 is 2.94 bits per heavy atom. The Morgan fingerprint density at radius 1 is 1.50 bits per heavy atom. The molecule has 2 rings (SSSR count). The summed E-state index contributed by atoms with van der Waals surface area (Å²) in [5.41, 5.74) is 1.77. The predicted molar refractivity (Wildman–Crippen MR) is 69.9 cm³/mol. The molecule has 0 aromatic carbocycles. The molecule has 0 radical (unpaired) electrons. The summed E-state index contributed by atoms with van der Waals surface area (Å²) in [7, 11) is 0. The number of carbonyl (C=O) groups excluding carboxylic acids is 1. The predicted octanol–water partition coefficient (Wildman–Crippen LogP) is 2.60. The van der Waals surface area contributed by atoms with E-state index in [2.05, 4.69) is 20.4 Å². The largest absolute Gasteiger partial charge is 0.454 e. The number of allylic oxidation sites excluding steroid dienone is 1. The lowest BCUT2D eigenvalue weighted by atomic mass is 9.83. The van der Waals surface area contributed by atoms with Crippen LogP contribution in [0.1, 0.15) is 39.5 Å². The maximum absolute atomic E-state index is 11.6. The lowest BCUT2D eigenvalue weighted by molar-refractivity contribution is -0.137. The Bertz CT molecular complexity index is 383. The molecule has 0 bridgehead atoms. The number of carbonyl (C=O) groups is 1. The number of rotatable bonds is 0. The average molecular weight is 250 g/mol. The smallest absolute Gasteiger partial charge is 0.334 e. The van der Waals surface area contributed by atoms with Gasteiger partial charge in [0.1, 0.15) is 6.10 Å². The van der Waals surface area contributed by atoms with Gasteiger partial charge in [0.15, 0.2) is 0 Å². The fourth-order valence-electron chi connectivity index (χ4n) is 2.81. The van der Waals surface area contributed by atoms with Gasteiger partial charge in [-0.1, -0.05) is 19.1 Å². The van der Waals surface area contributed by atoms with Crippen LogP contribution >= 0.6 is 0 Å². The van der Waals surface area contributed by atoms with Crippen LogP contribution in [0.3, 0.4) is 0 Å². The summed E-state index contributed by atoms with van der Waals surface area (Å²) in [5, 5.41) is 10.2. The molecule has 4 unspecified atom stereocenters. The molecule has 2 aliphatic rings. The second-order valence-corrected chi connectivity index (χ2v) is 5.69. The van der Waals surface area contributed by atoms with Gasteiger partial charge in [0.2, 0.25) is 0 Å². The minimum Gasteiger partial charge on any atom is -0.454 e. The molecule has 1 aliphatic carbocycles. The number of fused-ring (bicyclic) bond motifs is 1. The maximum atomic E-state index is 11.6. The van der Waals surface area contributed by atoms with Gasteiger partial charge in [0, 0.05) is 11.5 Å². The van der Waals surface area contributed by atoms with Crippen molar-refractivity contribution in [2.45, 2.75) is 51.7 Å². The summed E-state index contributed by atoms with van der Waals surface area (Å²) in [4.78, 5) is 11.6. The van der Waals surface area contributed by atoms with Crippen LogP contribution in [0, 0.1) is 11.8 Å². The van der Waals surface area contributed by atoms with E-state index in [4.69, 9.17) is 4.74 Å². The summed E-state index contributed by atoms with van der Waals surface area (Å²) in [6, 6.07) is 0. The van der Waals surface area contributed by atoms with Gasteiger partial charge < -0.3 is 9.84 Å². The first-order valence-corrected chi connectivity index (χ1v) is 6.74. The normalized spacial score (nSPS) is 37.8. The van der Waals surface area contributed by atoms with Crippen molar-refractivity contribution in [3.63, 3.8) is 0 Å². The van der Waals surface area contributed by atoms with E-state index in [1.54, 1.807) is 0 Å². The number of esters is 1. The van der Waals surface area contributed by atoms with Crippen LogP contribution in [-0.4, -0.2) is 23.3 Å². The van der Waals surface area contributed by atoms with E-state index in [0.29, 0.717) is 12.0 Å². The van der Waals surface area contributed by atoms with Crippen LogP contribution in [0.5, 0.6) is 0 Å². The standard InChI is InChI=1S/C15H22O3/c1-9-5-4-6-10(2)13(16)8-12-11(3)15(17)18-14(12)7-9/h7,10,12-14,16H,3-6,8H2,1-2H3. The molecule has 1 saturated heterocycles. The minimum atomic E-state index is -0.379. The van der Waals surface area contributed by atoms with Crippen LogP contribution < -0.4 is 0 Å². The highest BCUT2D eigenvalue weighted by Gasteiger charge is 2.39. The Morgan fingerprint density at radius 2 is 2.22 bits per heavy atom. The molecule has 18 heavy (non-hydrogen) atoms. The molecular weight excluding hydrogens is 228 g/mol. The number of ether oxygens (including phenoxy) is 1. The van der Waals surface area contributed by atoms with Crippen LogP contribution in [-0.2, 0) is 9.53 Å². The molecule has 0 aromatic heterocycles. The molecule has 1 fully saturated rings. The monoisotopic (exact) mass is 250 g/mol. The fraction of sp³-hybridized carbons (Fsp3) is 0.667. The zero-order chi connectivity index (χ0) is 13.3. The first-order chi connectivity index (χ1) is 8.49. The summed E-state index contributed by atoms with van der Waals surface area (Å²) in [6.07, 6.45) is 5.09. The molecular formula is C15H22O3. The van der Waals surface area contributed by atoms with E-state index in [1.165, 1.54) is 5.57 Å². The first-order valence-electron chi connectivity index (χ1n) is 6.74. The maximum Gasteiger partial charge on any atom is 0.334 e. The Hall–Kier alpha value is -1.09. The number of hydrogen-bond acceptors (Lipinski definition) is 3. The minimum absolute atomic E-state index is 0.0667. The van der Waals surface area contributed by atoms with E-state index in [1.807, 2.05) is 6.08 Å². The van der Waals surface area contributed by atoms with Gasteiger partial charge in [-0.3, -0.25) is 0 Å². The van der Waals surface area contributed by atoms with E-state index in [0.717, 1.165) is 19.3 Å². The summed E-state index contributed by atoms with van der Waals surface area (Å²) in [5.74, 6) is -0.115. The van der Waals surface area contributed by atoms with Crippen molar-refractivity contribution >= 4 is 5.97 Å². The second-order valence-electron chi connectivity index (χ2n) is 5.69. The van der Waals surface area contributed by atoms with Crippen molar-refractivity contribution in [2.24, 2.45) is 11.8 Å². The summed E-state index contributed by atoms with van der Waals surface area (Å²) >= 11 is 0. The molecule has 3 nitrogen and oxygen atoms in total. The van der Waals surface area contributed by atoms with Gasteiger partial charge in [-0.25, -0.2) is 4.79 Å². The second kappa shape index (κ2) is 5.27. The topological polar surface area (TPSA) is 46.5 Å². The molecule has 1 heterocycles. The highest BCUT2D eigenvalue weighted by atomic mass is 16.5. The van der Waals surface area contributed by atoms with Crippen molar-refractivity contribution in [1.82, 2.24) is 0 Å². The van der Waals surface area contributed by atoms with Gasteiger partial charge in [-0.05, 0) is 44.6 Å². The molecule has 0 aromatic rings. The van der Waals surface area contributed by atoms with E-state index in [-0.39, 0.29) is 30.0 Å². The lowest BCUT2D eigenvalue weighted by Gasteiger charge is -2.25. The highest BCUT2D eigenvalue weighted by Crippen LogP contribution is 2.35. The quantitative estimate of drug-likeness (QED) is 0.408. The van der Waals surface area contributed by atoms with Gasteiger partial charge in [0.25, 0.3) is 0 Å². The summed E-state index contributed by atoms with van der Waals surface area (Å²) in [6.45, 7) is 7.96. The molecule has 1 N–H and O–H groups in total. The van der Waals surface area contributed by atoms with Crippen LogP contribution in [0.2, 0.25) is 0 Å². The van der Waals surface area contributed by atoms with Crippen LogP contribution in [0.15, 0.2) is 23.8 Å². The van der Waals surface area contributed by atoms with E-state index >= 15 is 0 Å². The molecule has 0 spiro atoms. The van der Waals surface area contributed by atoms with E-state index in [9.17, 15) is 9.90 Å². The van der Waals surface area contributed by atoms with Gasteiger partial charge in [0.05, 0.1) is 6.10 Å².